The fourth-order valence-electron chi connectivity index (χ4n) is 2.40. The molecule has 172 valence electrons. The van der Waals surface area contributed by atoms with Crippen molar-refractivity contribution in [1.82, 2.24) is 5.32 Å². The second kappa shape index (κ2) is 10.2. The summed E-state index contributed by atoms with van der Waals surface area (Å²) in [6, 6.07) is 5.18. The number of ether oxygens (including phenoxy) is 1. The average Bonchev–Trinajstić information content (AvgIpc) is 2.72. The van der Waals surface area contributed by atoms with Crippen LogP contribution in [0.4, 0.5) is 32.0 Å². The summed E-state index contributed by atoms with van der Waals surface area (Å²) >= 11 is 0. The molecule has 2 amide bonds. The minimum Gasteiger partial charge on any atom is -0.452 e. The number of alkyl halides is 3. The molecule has 2 aromatic rings. The van der Waals surface area contributed by atoms with Crippen LogP contribution in [0.15, 0.2) is 36.4 Å². The van der Waals surface area contributed by atoms with E-state index in [1.54, 1.807) is 0 Å². The van der Waals surface area contributed by atoms with Crippen LogP contribution in [0.25, 0.3) is 0 Å². The fourth-order valence-corrected chi connectivity index (χ4v) is 2.40. The minimum atomic E-state index is -4.52. The van der Waals surface area contributed by atoms with E-state index in [1.807, 2.05) is 5.32 Å². The van der Waals surface area contributed by atoms with Gasteiger partial charge in [-0.05, 0) is 36.8 Å². The van der Waals surface area contributed by atoms with Gasteiger partial charge in [-0.15, -0.1) is 0 Å². The van der Waals surface area contributed by atoms with Crippen LogP contribution in [0.3, 0.4) is 0 Å². The van der Waals surface area contributed by atoms with E-state index < -0.39 is 71.7 Å². The largest absolute Gasteiger partial charge is 0.452 e. The SMILES string of the molecule is CC(OC(=O)Cc1ccc(C(F)(F)F)cc1)C(=O)NCC(=O)Nc1ccc(F)c(F)c1F. The summed E-state index contributed by atoms with van der Waals surface area (Å²) in [4.78, 5) is 35.6. The Kier molecular flexibility index (Phi) is 7.84. The Morgan fingerprint density at radius 3 is 2.19 bits per heavy atom. The predicted octanol–water partition coefficient (Wildman–Crippen LogP) is 3.35. The first-order valence-corrected chi connectivity index (χ1v) is 8.95. The summed E-state index contributed by atoms with van der Waals surface area (Å²) in [5, 5.41) is 4.04. The van der Waals surface area contributed by atoms with E-state index in [0.717, 1.165) is 30.3 Å². The lowest BCUT2D eigenvalue weighted by atomic mass is 10.1. The van der Waals surface area contributed by atoms with E-state index in [9.17, 15) is 40.7 Å². The normalized spacial score (nSPS) is 12.1. The van der Waals surface area contributed by atoms with Crippen molar-refractivity contribution in [2.45, 2.75) is 25.6 Å². The first-order chi connectivity index (χ1) is 14.9. The standard InChI is InChI=1S/C20H16F6N2O4/c1-10(32-16(30)8-11-2-4-12(5-3-11)20(24,25)26)19(31)27-9-15(29)28-14-7-6-13(21)17(22)18(14)23/h2-7,10H,8-9H2,1H3,(H,27,31)(H,28,29). The Hall–Kier alpha value is -3.57. The Morgan fingerprint density at radius 2 is 1.59 bits per heavy atom. The third kappa shape index (κ3) is 6.72. The molecule has 0 fully saturated rings. The molecule has 12 heteroatoms. The average molecular weight is 462 g/mol. The highest BCUT2D eigenvalue weighted by Gasteiger charge is 2.30. The van der Waals surface area contributed by atoms with Crippen molar-refractivity contribution < 1.29 is 45.5 Å². The Morgan fingerprint density at radius 1 is 0.969 bits per heavy atom. The number of amides is 2. The maximum absolute atomic E-state index is 13.5. The quantitative estimate of drug-likeness (QED) is 0.376. The van der Waals surface area contributed by atoms with Crippen LogP contribution in [0.5, 0.6) is 0 Å². The van der Waals surface area contributed by atoms with Gasteiger partial charge in [0.05, 0.1) is 24.2 Å². The molecular formula is C20H16F6N2O4. The highest BCUT2D eigenvalue weighted by molar-refractivity contribution is 5.95. The van der Waals surface area contributed by atoms with Crippen LogP contribution >= 0.6 is 0 Å². The Labute approximate surface area is 177 Å². The van der Waals surface area contributed by atoms with Gasteiger partial charge < -0.3 is 15.4 Å². The Bertz CT molecular complexity index is 1010. The van der Waals surface area contributed by atoms with E-state index in [4.69, 9.17) is 4.74 Å². The van der Waals surface area contributed by atoms with E-state index in [-0.39, 0.29) is 5.56 Å². The number of hydrogen-bond acceptors (Lipinski definition) is 4. The molecule has 0 radical (unpaired) electrons. The Balaban J connectivity index is 1.81. The van der Waals surface area contributed by atoms with Crippen molar-refractivity contribution in [1.29, 1.82) is 0 Å². The molecule has 0 bridgehead atoms. The lowest BCUT2D eigenvalue weighted by Gasteiger charge is -2.14. The zero-order valence-electron chi connectivity index (χ0n) is 16.4. The first kappa shape index (κ1) is 24.7. The summed E-state index contributed by atoms with van der Waals surface area (Å²) in [5.74, 6) is -7.60. The maximum Gasteiger partial charge on any atom is 0.416 e. The summed E-state index contributed by atoms with van der Waals surface area (Å²) in [6.07, 6.45) is -6.27. The number of benzene rings is 2. The molecule has 0 heterocycles. The maximum atomic E-state index is 13.5. The summed E-state index contributed by atoms with van der Waals surface area (Å²) < 4.78 is 82.0. The second-order valence-corrected chi connectivity index (χ2v) is 6.49. The van der Waals surface area contributed by atoms with E-state index in [1.165, 1.54) is 6.92 Å². The molecule has 0 aliphatic rings. The molecule has 0 spiro atoms. The molecule has 1 unspecified atom stereocenters. The van der Waals surface area contributed by atoms with E-state index >= 15 is 0 Å². The molecule has 1 atom stereocenters. The third-order valence-electron chi connectivity index (χ3n) is 4.04. The van der Waals surface area contributed by atoms with Gasteiger partial charge in [0, 0.05) is 0 Å². The van der Waals surface area contributed by atoms with Gasteiger partial charge in [-0.3, -0.25) is 14.4 Å². The molecule has 0 saturated heterocycles. The van der Waals surface area contributed by atoms with Gasteiger partial charge in [-0.2, -0.15) is 13.2 Å². The number of nitrogens with one attached hydrogen (secondary N) is 2. The molecule has 0 aromatic heterocycles. The monoisotopic (exact) mass is 462 g/mol. The fraction of sp³-hybridized carbons (Fsp3) is 0.250. The highest BCUT2D eigenvalue weighted by atomic mass is 19.4. The molecule has 0 saturated carbocycles. The number of rotatable bonds is 7. The summed E-state index contributed by atoms with van der Waals surface area (Å²) in [7, 11) is 0. The lowest BCUT2D eigenvalue weighted by molar-refractivity contribution is -0.154. The van der Waals surface area contributed by atoms with Crippen LogP contribution < -0.4 is 10.6 Å². The van der Waals surface area contributed by atoms with E-state index in [2.05, 4.69) is 5.32 Å². The van der Waals surface area contributed by atoms with Gasteiger partial charge in [0.1, 0.15) is 0 Å². The molecular weight excluding hydrogens is 446 g/mol. The van der Waals surface area contributed by atoms with Crippen LogP contribution in [0.1, 0.15) is 18.1 Å². The van der Waals surface area contributed by atoms with Crippen molar-refractivity contribution >= 4 is 23.5 Å². The zero-order chi connectivity index (χ0) is 24.1. The number of esters is 1. The molecule has 0 aliphatic heterocycles. The number of halogens is 6. The highest BCUT2D eigenvalue weighted by Crippen LogP contribution is 2.29. The van der Waals surface area contributed by atoms with Crippen molar-refractivity contribution in [3.63, 3.8) is 0 Å². The number of carbonyl (C=O) groups is 3. The summed E-state index contributed by atoms with van der Waals surface area (Å²) in [6.45, 7) is 0.491. The second-order valence-electron chi connectivity index (χ2n) is 6.49. The van der Waals surface area contributed by atoms with Crippen molar-refractivity contribution in [2.75, 3.05) is 11.9 Å². The smallest absolute Gasteiger partial charge is 0.416 e. The van der Waals surface area contributed by atoms with Gasteiger partial charge in [0.15, 0.2) is 23.6 Å². The molecule has 0 aliphatic carbocycles. The molecule has 2 aromatic carbocycles. The number of anilines is 1. The number of hydrogen-bond donors (Lipinski definition) is 2. The van der Waals surface area contributed by atoms with Gasteiger partial charge in [0.25, 0.3) is 5.91 Å². The van der Waals surface area contributed by atoms with Gasteiger partial charge in [-0.25, -0.2) is 13.2 Å². The van der Waals surface area contributed by atoms with Crippen LogP contribution in [-0.4, -0.2) is 30.4 Å². The van der Waals surface area contributed by atoms with Crippen molar-refractivity contribution in [3.8, 4) is 0 Å². The molecule has 6 nitrogen and oxygen atoms in total. The minimum absolute atomic E-state index is 0.226. The lowest BCUT2D eigenvalue weighted by Crippen LogP contribution is -2.40. The van der Waals surface area contributed by atoms with Crippen LogP contribution in [0.2, 0.25) is 0 Å². The third-order valence-corrected chi connectivity index (χ3v) is 4.04. The van der Waals surface area contributed by atoms with Gasteiger partial charge >= 0.3 is 12.1 Å². The first-order valence-electron chi connectivity index (χ1n) is 8.95. The van der Waals surface area contributed by atoms with Crippen molar-refractivity contribution in [3.05, 3.63) is 65.0 Å². The van der Waals surface area contributed by atoms with Crippen molar-refractivity contribution in [2.24, 2.45) is 0 Å². The van der Waals surface area contributed by atoms with Crippen LogP contribution in [0, 0.1) is 17.5 Å². The van der Waals surface area contributed by atoms with E-state index in [0.29, 0.717) is 6.07 Å². The van der Waals surface area contributed by atoms with Gasteiger partial charge in [0.2, 0.25) is 5.91 Å². The number of carbonyl (C=O) groups excluding carboxylic acids is 3. The molecule has 2 rings (SSSR count). The van der Waals surface area contributed by atoms with Crippen LogP contribution in [-0.2, 0) is 31.7 Å². The van der Waals surface area contributed by atoms with Gasteiger partial charge in [-0.1, -0.05) is 12.1 Å². The molecule has 2 N–H and O–H groups in total. The zero-order valence-corrected chi connectivity index (χ0v) is 16.4. The molecule has 32 heavy (non-hydrogen) atoms. The topological polar surface area (TPSA) is 84.5 Å². The predicted molar refractivity (Wildman–Crippen MR) is 98.7 cm³/mol. The summed E-state index contributed by atoms with van der Waals surface area (Å²) in [5.41, 5.74) is -1.30.